The molecule has 24 heavy (non-hydrogen) atoms. The van der Waals surface area contributed by atoms with Gasteiger partial charge < -0.3 is 14.5 Å². The van der Waals surface area contributed by atoms with Crippen LogP contribution in [-0.4, -0.2) is 65.5 Å². The molecule has 1 atom stereocenters. The minimum atomic E-state index is -0.160. The van der Waals surface area contributed by atoms with Crippen molar-refractivity contribution < 1.29 is 14.3 Å². The SMILES string of the molecule is Cc1cnccc1C(=O)N1CCC2(COCC(=O)N(C(C)C)C2)C1. The number of amides is 2. The number of carbonyl (C=O) groups excluding carboxylic acids is 2. The van der Waals surface area contributed by atoms with Crippen molar-refractivity contribution in [1.82, 2.24) is 14.8 Å². The Morgan fingerprint density at radius 3 is 2.88 bits per heavy atom. The molecule has 0 radical (unpaired) electrons. The number of nitrogens with zero attached hydrogens (tertiary/aromatic N) is 3. The molecule has 1 aromatic rings. The third-order valence-corrected chi connectivity index (χ3v) is 5.06. The number of carbonyl (C=O) groups is 2. The van der Waals surface area contributed by atoms with Gasteiger partial charge in [0, 0.05) is 49.0 Å². The van der Waals surface area contributed by atoms with E-state index in [9.17, 15) is 9.59 Å². The van der Waals surface area contributed by atoms with E-state index in [-0.39, 0.29) is 29.9 Å². The number of hydrogen-bond donors (Lipinski definition) is 0. The molecular formula is C18H25N3O3. The van der Waals surface area contributed by atoms with Gasteiger partial charge in [0.15, 0.2) is 0 Å². The van der Waals surface area contributed by atoms with Gasteiger partial charge in [-0.05, 0) is 38.8 Å². The predicted molar refractivity (Wildman–Crippen MR) is 89.6 cm³/mol. The van der Waals surface area contributed by atoms with E-state index in [2.05, 4.69) is 4.98 Å². The average Bonchev–Trinajstić information content (AvgIpc) is 2.88. The zero-order valence-corrected chi connectivity index (χ0v) is 14.6. The molecule has 1 unspecified atom stereocenters. The molecule has 2 aliphatic rings. The summed E-state index contributed by atoms with van der Waals surface area (Å²) >= 11 is 0. The van der Waals surface area contributed by atoms with Crippen LogP contribution < -0.4 is 0 Å². The molecule has 3 heterocycles. The van der Waals surface area contributed by atoms with Crippen LogP contribution in [0.4, 0.5) is 0 Å². The van der Waals surface area contributed by atoms with E-state index in [0.29, 0.717) is 31.8 Å². The summed E-state index contributed by atoms with van der Waals surface area (Å²) in [6.45, 7) is 8.60. The molecule has 1 aromatic heterocycles. The van der Waals surface area contributed by atoms with Gasteiger partial charge in [0.25, 0.3) is 5.91 Å². The second kappa shape index (κ2) is 6.51. The van der Waals surface area contributed by atoms with Crippen molar-refractivity contribution in [3.63, 3.8) is 0 Å². The van der Waals surface area contributed by atoms with Crippen molar-refractivity contribution >= 4 is 11.8 Å². The van der Waals surface area contributed by atoms with Gasteiger partial charge in [-0.25, -0.2) is 0 Å². The predicted octanol–water partition coefficient (Wildman–Crippen LogP) is 1.49. The summed E-state index contributed by atoms with van der Waals surface area (Å²) in [6.07, 6.45) is 4.23. The normalized spacial score (nSPS) is 24.8. The van der Waals surface area contributed by atoms with E-state index in [1.165, 1.54) is 0 Å². The molecule has 0 N–H and O–H groups in total. The Morgan fingerprint density at radius 1 is 1.38 bits per heavy atom. The monoisotopic (exact) mass is 331 g/mol. The van der Waals surface area contributed by atoms with Gasteiger partial charge in [0.2, 0.25) is 5.91 Å². The first kappa shape index (κ1) is 16.9. The van der Waals surface area contributed by atoms with E-state index in [4.69, 9.17) is 4.74 Å². The zero-order chi connectivity index (χ0) is 17.3. The highest BCUT2D eigenvalue weighted by Crippen LogP contribution is 2.35. The minimum Gasteiger partial charge on any atom is -0.371 e. The topological polar surface area (TPSA) is 62.7 Å². The molecule has 2 aliphatic heterocycles. The summed E-state index contributed by atoms with van der Waals surface area (Å²) in [7, 11) is 0. The number of pyridine rings is 1. The van der Waals surface area contributed by atoms with Gasteiger partial charge in [-0.3, -0.25) is 14.6 Å². The lowest BCUT2D eigenvalue weighted by atomic mass is 9.87. The first-order chi connectivity index (χ1) is 11.4. The molecule has 2 amide bonds. The van der Waals surface area contributed by atoms with E-state index in [0.717, 1.165) is 12.0 Å². The maximum absolute atomic E-state index is 12.8. The lowest BCUT2D eigenvalue weighted by Gasteiger charge is -2.34. The summed E-state index contributed by atoms with van der Waals surface area (Å²) in [5, 5.41) is 0. The highest BCUT2D eigenvalue weighted by molar-refractivity contribution is 5.95. The Hall–Kier alpha value is -1.95. The molecule has 3 rings (SSSR count). The second-order valence-corrected chi connectivity index (χ2v) is 7.28. The van der Waals surface area contributed by atoms with E-state index >= 15 is 0 Å². The molecule has 130 valence electrons. The van der Waals surface area contributed by atoms with Gasteiger partial charge >= 0.3 is 0 Å². The molecule has 6 heteroatoms. The summed E-state index contributed by atoms with van der Waals surface area (Å²) in [5.74, 6) is 0.0788. The summed E-state index contributed by atoms with van der Waals surface area (Å²) in [4.78, 5) is 32.9. The number of aromatic nitrogens is 1. The van der Waals surface area contributed by atoms with Gasteiger partial charge in [0.1, 0.15) is 6.61 Å². The van der Waals surface area contributed by atoms with Crippen LogP contribution in [-0.2, 0) is 9.53 Å². The van der Waals surface area contributed by atoms with Crippen molar-refractivity contribution in [2.45, 2.75) is 33.2 Å². The van der Waals surface area contributed by atoms with E-state index in [1.54, 1.807) is 18.5 Å². The number of rotatable bonds is 2. The van der Waals surface area contributed by atoms with Crippen LogP contribution in [0.15, 0.2) is 18.5 Å². The Kier molecular flexibility index (Phi) is 4.58. The largest absolute Gasteiger partial charge is 0.371 e. The fourth-order valence-corrected chi connectivity index (χ4v) is 3.64. The molecule has 0 bridgehead atoms. The van der Waals surface area contributed by atoms with Crippen molar-refractivity contribution in [3.8, 4) is 0 Å². The molecule has 1 spiro atoms. The summed E-state index contributed by atoms with van der Waals surface area (Å²) in [6, 6.07) is 1.92. The Labute approximate surface area is 142 Å². The van der Waals surface area contributed by atoms with Crippen molar-refractivity contribution in [2.24, 2.45) is 5.41 Å². The van der Waals surface area contributed by atoms with Gasteiger partial charge in [-0.1, -0.05) is 0 Å². The number of ether oxygens (including phenoxy) is 1. The van der Waals surface area contributed by atoms with Crippen LogP contribution in [0.2, 0.25) is 0 Å². The maximum atomic E-state index is 12.8. The van der Waals surface area contributed by atoms with Gasteiger partial charge in [0.05, 0.1) is 6.61 Å². The van der Waals surface area contributed by atoms with Crippen LogP contribution in [0, 0.1) is 12.3 Å². The molecular weight excluding hydrogens is 306 g/mol. The van der Waals surface area contributed by atoms with E-state index in [1.807, 2.05) is 30.6 Å². The third kappa shape index (κ3) is 3.15. The fourth-order valence-electron chi connectivity index (χ4n) is 3.64. The molecule has 2 saturated heterocycles. The van der Waals surface area contributed by atoms with Gasteiger partial charge in [-0.2, -0.15) is 0 Å². The number of hydrogen-bond acceptors (Lipinski definition) is 4. The summed E-state index contributed by atoms with van der Waals surface area (Å²) < 4.78 is 5.64. The minimum absolute atomic E-state index is 0.0385. The summed E-state index contributed by atoms with van der Waals surface area (Å²) in [5.41, 5.74) is 1.43. The standard InChI is InChI=1S/C18H25N3O3/c1-13(2)21-11-18(12-24-9-16(21)22)5-7-20(10-18)17(23)15-4-6-19-8-14(15)3/h4,6,8,13H,5,7,9-12H2,1-3H3. The Morgan fingerprint density at radius 2 is 2.17 bits per heavy atom. The highest BCUT2D eigenvalue weighted by Gasteiger charge is 2.44. The fraction of sp³-hybridized carbons (Fsp3) is 0.611. The maximum Gasteiger partial charge on any atom is 0.254 e. The van der Waals surface area contributed by atoms with Crippen molar-refractivity contribution in [1.29, 1.82) is 0 Å². The molecule has 2 fully saturated rings. The first-order valence-corrected chi connectivity index (χ1v) is 8.49. The van der Waals surface area contributed by atoms with E-state index < -0.39 is 0 Å². The lowest BCUT2D eigenvalue weighted by molar-refractivity contribution is -0.135. The van der Waals surface area contributed by atoms with Crippen LogP contribution >= 0.6 is 0 Å². The smallest absolute Gasteiger partial charge is 0.254 e. The van der Waals surface area contributed by atoms with Crippen LogP contribution in [0.3, 0.4) is 0 Å². The molecule has 0 aromatic carbocycles. The van der Waals surface area contributed by atoms with Crippen LogP contribution in [0.1, 0.15) is 36.2 Å². The van der Waals surface area contributed by atoms with Crippen LogP contribution in [0.5, 0.6) is 0 Å². The molecule has 0 saturated carbocycles. The number of aryl methyl sites for hydroxylation is 1. The first-order valence-electron chi connectivity index (χ1n) is 8.49. The Balaban J connectivity index is 1.77. The zero-order valence-electron chi connectivity index (χ0n) is 14.6. The Bertz CT molecular complexity index is 646. The second-order valence-electron chi connectivity index (χ2n) is 7.28. The quantitative estimate of drug-likeness (QED) is 0.824. The van der Waals surface area contributed by atoms with Gasteiger partial charge in [-0.15, -0.1) is 0 Å². The molecule has 0 aliphatic carbocycles. The van der Waals surface area contributed by atoms with Crippen molar-refractivity contribution in [3.05, 3.63) is 29.6 Å². The lowest BCUT2D eigenvalue weighted by Crippen LogP contribution is -2.46. The highest BCUT2D eigenvalue weighted by atomic mass is 16.5. The van der Waals surface area contributed by atoms with Crippen LogP contribution in [0.25, 0.3) is 0 Å². The third-order valence-electron chi connectivity index (χ3n) is 5.06. The average molecular weight is 331 g/mol. The van der Waals surface area contributed by atoms with Crippen molar-refractivity contribution in [2.75, 3.05) is 32.8 Å². The molecule has 6 nitrogen and oxygen atoms in total. The number of likely N-dealkylation sites (tertiary alicyclic amines) is 1.